The second-order valence-corrected chi connectivity index (χ2v) is 8.96. The van der Waals surface area contributed by atoms with E-state index < -0.39 is 0 Å². The maximum Gasteiger partial charge on any atom is 0.230 e. The first-order valence-corrected chi connectivity index (χ1v) is 9.83. The first-order chi connectivity index (χ1) is 13.0. The van der Waals surface area contributed by atoms with E-state index in [0.717, 1.165) is 43.4 Å². The van der Waals surface area contributed by atoms with Crippen molar-refractivity contribution in [1.82, 2.24) is 14.8 Å². The van der Waals surface area contributed by atoms with E-state index in [4.69, 9.17) is 4.74 Å². The van der Waals surface area contributed by atoms with Crippen LogP contribution in [0, 0.1) is 24.2 Å². The zero-order valence-corrected chi connectivity index (χ0v) is 15.9. The second kappa shape index (κ2) is 5.81. The molecule has 142 valence electrons. The van der Waals surface area contributed by atoms with Crippen LogP contribution in [0.3, 0.4) is 0 Å². The van der Waals surface area contributed by atoms with Crippen molar-refractivity contribution in [1.29, 1.82) is 0 Å². The minimum Gasteiger partial charge on any atom is -0.495 e. The summed E-state index contributed by atoms with van der Waals surface area (Å²) < 4.78 is 7.50. The van der Waals surface area contributed by atoms with Crippen LogP contribution < -0.4 is 10.1 Å². The highest BCUT2D eigenvalue weighted by atomic mass is 16.5. The number of rotatable bonds is 4. The maximum absolute atomic E-state index is 13.5. The van der Waals surface area contributed by atoms with Crippen molar-refractivity contribution in [3.63, 3.8) is 0 Å². The Labute approximate surface area is 159 Å². The number of nitrogens with zero attached hydrogens (tertiary/aromatic N) is 3. The average molecular weight is 366 g/mol. The number of nitrogens with one attached hydrogen (secondary N) is 1. The number of carbonyl (C=O) groups excluding carboxylic acids is 1. The van der Waals surface area contributed by atoms with Crippen LogP contribution in [0.25, 0.3) is 0 Å². The third-order valence-electron chi connectivity index (χ3n) is 7.02. The van der Waals surface area contributed by atoms with E-state index in [1.807, 2.05) is 36.1 Å². The number of benzene rings is 1. The molecule has 27 heavy (non-hydrogen) atoms. The highest BCUT2D eigenvalue weighted by molar-refractivity contribution is 5.97. The van der Waals surface area contributed by atoms with Gasteiger partial charge in [0.15, 0.2) is 0 Å². The fourth-order valence-electron chi connectivity index (χ4n) is 6.38. The zero-order valence-electron chi connectivity index (χ0n) is 15.9. The van der Waals surface area contributed by atoms with Gasteiger partial charge in [0.2, 0.25) is 5.91 Å². The molecule has 1 N–H and O–H groups in total. The lowest BCUT2D eigenvalue weighted by atomic mass is 9.46. The number of aryl methyl sites for hydroxylation is 1. The average Bonchev–Trinajstić information content (AvgIpc) is 3.16. The van der Waals surface area contributed by atoms with Crippen molar-refractivity contribution >= 4 is 11.6 Å². The number of amides is 1. The molecule has 1 aromatic carbocycles. The molecule has 6 heteroatoms. The van der Waals surface area contributed by atoms with Gasteiger partial charge < -0.3 is 10.1 Å². The molecule has 4 aliphatic carbocycles. The van der Waals surface area contributed by atoms with Gasteiger partial charge >= 0.3 is 0 Å². The molecule has 0 aliphatic heterocycles. The van der Waals surface area contributed by atoms with Crippen LogP contribution in [0.1, 0.15) is 44.1 Å². The third-order valence-corrected chi connectivity index (χ3v) is 7.02. The monoisotopic (exact) mass is 366 g/mol. The molecule has 2 aromatic rings. The first kappa shape index (κ1) is 16.8. The molecule has 2 unspecified atom stereocenters. The van der Waals surface area contributed by atoms with Crippen LogP contribution in [-0.4, -0.2) is 27.8 Å². The van der Waals surface area contributed by atoms with E-state index in [2.05, 4.69) is 15.4 Å². The zero-order chi connectivity index (χ0) is 18.6. The lowest BCUT2D eigenvalue weighted by molar-refractivity contribution is -0.150. The Morgan fingerprint density at radius 2 is 2.04 bits per heavy atom. The number of carbonyl (C=O) groups is 1. The van der Waals surface area contributed by atoms with Crippen molar-refractivity contribution in [2.45, 2.75) is 51.0 Å². The summed E-state index contributed by atoms with van der Waals surface area (Å²) in [7, 11) is 1.64. The van der Waals surface area contributed by atoms with E-state index in [1.165, 1.54) is 6.42 Å². The minimum atomic E-state index is -0.315. The lowest BCUT2D eigenvalue weighted by Crippen LogP contribution is -2.60. The van der Waals surface area contributed by atoms with Gasteiger partial charge in [0.05, 0.1) is 23.8 Å². The Kier molecular flexibility index (Phi) is 3.61. The Balaban J connectivity index is 1.48. The molecule has 4 saturated carbocycles. The Morgan fingerprint density at radius 1 is 1.26 bits per heavy atom. The van der Waals surface area contributed by atoms with Crippen molar-refractivity contribution in [3.05, 3.63) is 36.4 Å². The number of hydrogen-bond acceptors (Lipinski definition) is 4. The standard InChI is InChI=1S/C21H26N4O2/c1-14-3-4-18(27-2)17(5-14)24-19(26)20-7-15-6-16(8-20)10-21(9-15,11-20)25-13-22-12-23-25/h3-5,12-13,15-16H,6-11H2,1-2H3,(H,24,26). The minimum absolute atomic E-state index is 0.0470. The SMILES string of the molecule is COc1ccc(C)cc1NC(=O)C12CC3CC(C1)CC(n1cncn1)(C3)C2. The second-order valence-electron chi connectivity index (χ2n) is 8.96. The van der Waals surface area contributed by atoms with Gasteiger partial charge in [-0.3, -0.25) is 4.79 Å². The molecule has 4 fully saturated rings. The molecular weight excluding hydrogens is 340 g/mol. The van der Waals surface area contributed by atoms with Crippen molar-refractivity contribution in [3.8, 4) is 5.75 Å². The van der Waals surface area contributed by atoms with E-state index >= 15 is 0 Å². The normalized spacial score (nSPS) is 33.9. The van der Waals surface area contributed by atoms with E-state index in [1.54, 1.807) is 13.4 Å². The largest absolute Gasteiger partial charge is 0.495 e. The molecule has 0 spiro atoms. The molecule has 6 nitrogen and oxygen atoms in total. The van der Waals surface area contributed by atoms with Gasteiger partial charge in [-0.05, 0) is 75.0 Å². The van der Waals surface area contributed by atoms with Gasteiger partial charge in [-0.15, -0.1) is 0 Å². The van der Waals surface area contributed by atoms with Crippen molar-refractivity contribution in [2.24, 2.45) is 17.3 Å². The van der Waals surface area contributed by atoms with Gasteiger partial charge in [0.1, 0.15) is 18.4 Å². The first-order valence-electron chi connectivity index (χ1n) is 9.83. The Bertz CT molecular complexity index is 862. The van der Waals surface area contributed by atoms with Crippen LogP contribution in [0.5, 0.6) is 5.75 Å². The predicted molar refractivity (Wildman–Crippen MR) is 101 cm³/mol. The summed E-state index contributed by atoms with van der Waals surface area (Å²) in [6.07, 6.45) is 9.77. The van der Waals surface area contributed by atoms with Gasteiger partial charge in [0, 0.05) is 0 Å². The lowest BCUT2D eigenvalue weighted by Gasteiger charge is -2.60. The summed E-state index contributed by atoms with van der Waals surface area (Å²) in [4.78, 5) is 17.7. The highest BCUT2D eigenvalue weighted by Crippen LogP contribution is 2.64. The van der Waals surface area contributed by atoms with Crippen LogP contribution in [0.4, 0.5) is 5.69 Å². The van der Waals surface area contributed by atoms with Gasteiger partial charge in [-0.2, -0.15) is 5.10 Å². The van der Waals surface area contributed by atoms with Crippen LogP contribution in [0.15, 0.2) is 30.9 Å². The summed E-state index contributed by atoms with van der Waals surface area (Å²) in [5.74, 6) is 2.05. The van der Waals surface area contributed by atoms with Crippen LogP contribution >= 0.6 is 0 Å². The number of methoxy groups -OCH3 is 1. The maximum atomic E-state index is 13.5. The van der Waals surface area contributed by atoms with E-state index in [0.29, 0.717) is 17.6 Å². The summed E-state index contributed by atoms with van der Waals surface area (Å²) in [5, 5.41) is 7.69. The molecule has 1 amide bonds. The van der Waals surface area contributed by atoms with Crippen molar-refractivity contribution in [2.75, 3.05) is 12.4 Å². The highest BCUT2D eigenvalue weighted by Gasteiger charge is 2.61. The quantitative estimate of drug-likeness (QED) is 0.899. The van der Waals surface area contributed by atoms with Gasteiger partial charge in [0.25, 0.3) is 0 Å². The molecule has 0 saturated heterocycles. The van der Waals surface area contributed by atoms with Crippen LogP contribution in [0.2, 0.25) is 0 Å². The third kappa shape index (κ3) is 2.57. The molecule has 6 rings (SSSR count). The van der Waals surface area contributed by atoms with Crippen molar-refractivity contribution < 1.29 is 9.53 Å². The van der Waals surface area contributed by atoms with Gasteiger partial charge in [-0.1, -0.05) is 6.07 Å². The molecule has 4 aliphatic rings. The molecule has 4 bridgehead atoms. The number of ether oxygens (including phenoxy) is 1. The molecule has 1 heterocycles. The summed E-state index contributed by atoms with van der Waals surface area (Å²) in [6.45, 7) is 2.03. The number of hydrogen-bond donors (Lipinski definition) is 1. The Morgan fingerprint density at radius 3 is 2.70 bits per heavy atom. The Hall–Kier alpha value is -2.37. The molecule has 2 atom stereocenters. The molecular formula is C21H26N4O2. The molecule has 1 aromatic heterocycles. The summed E-state index contributed by atoms with van der Waals surface area (Å²) >= 11 is 0. The number of aromatic nitrogens is 3. The summed E-state index contributed by atoms with van der Waals surface area (Å²) in [5.41, 5.74) is 1.52. The summed E-state index contributed by atoms with van der Waals surface area (Å²) in [6, 6.07) is 5.91. The van der Waals surface area contributed by atoms with E-state index in [9.17, 15) is 4.79 Å². The topological polar surface area (TPSA) is 69.0 Å². The fourth-order valence-corrected chi connectivity index (χ4v) is 6.38. The van der Waals surface area contributed by atoms with Crippen LogP contribution in [-0.2, 0) is 10.3 Å². The predicted octanol–water partition coefficient (Wildman–Crippen LogP) is 3.53. The molecule has 0 radical (unpaired) electrons. The van der Waals surface area contributed by atoms with Gasteiger partial charge in [-0.25, -0.2) is 9.67 Å². The number of anilines is 1. The smallest absolute Gasteiger partial charge is 0.230 e. The van der Waals surface area contributed by atoms with E-state index in [-0.39, 0.29) is 16.9 Å². The fraction of sp³-hybridized carbons (Fsp3) is 0.571.